The summed E-state index contributed by atoms with van der Waals surface area (Å²) in [6.07, 6.45) is 7.15. The number of likely N-dealkylation sites (tertiary alicyclic amines) is 1. The Morgan fingerprint density at radius 3 is 2.31 bits per heavy atom. The van der Waals surface area contributed by atoms with Gasteiger partial charge in [-0.15, -0.1) is 0 Å². The predicted molar refractivity (Wildman–Crippen MR) is 140 cm³/mol. The fourth-order valence-corrected chi connectivity index (χ4v) is 6.15. The molecule has 2 aromatic carbocycles. The van der Waals surface area contributed by atoms with Crippen LogP contribution in [0.5, 0.6) is 0 Å². The van der Waals surface area contributed by atoms with Crippen LogP contribution in [0.3, 0.4) is 0 Å². The molecule has 2 saturated heterocycles. The Bertz CT molecular complexity index is 977. The fourth-order valence-electron chi connectivity index (χ4n) is 6.15. The van der Waals surface area contributed by atoms with E-state index in [4.69, 9.17) is 0 Å². The van der Waals surface area contributed by atoms with E-state index in [1.807, 2.05) is 0 Å². The van der Waals surface area contributed by atoms with Crippen LogP contribution in [-0.2, 0) is 11.3 Å². The summed E-state index contributed by atoms with van der Waals surface area (Å²) >= 11 is 0. The molecule has 1 saturated carbocycles. The van der Waals surface area contributed by atoms with Crippen LogP contribution in [0, 0.1) is 18.8 Å². The molecule has 2 aromatic rings. The number of carbonyl (C=O) groups is 1. The van der Waals surface area contributed by atoms with Gasteiger partial charge in [0.1, 0.15) is 5.79 Å². The zero-order valence-electron chi connectivity index (χ0n) is 20.9. The highest BCUT2D eigenvalue weighted by Crippen LogP contribution is 2.35. The highest BCUT2D eigenvalue weighted by molar-refractivity contribution is 5.70. The lowest BCUT2D eigenvalue weighted by Crippen LogP contribution is -2.71. The molecule has 3 aliphatic rings. The third kappa shape index (κ3) is 5.71. The lowest BCUT2D eigenvalue weighted by Gasteiger charge is -2.49. The maximum absolute atomic E-state index is 11.3. The lowest BCUT2D eigenvalue weighted by molar-refractivity contribution is -0.141. The first-order chi connectivity index (χ1) is 17.0. The van der Waals surface area contributed by atoms with E-state index in [2.05, 4.69) is 76.3 Å². The van der Waals surface area contributed by atoms with Crippen LogP contribution < -0.4 is 16.0 Å². The van der Waals surface area contributed by atoms with Crippen molar-refractivity contribution in [1.82, 2.24) is 15.5 Å². The number of carboxylic acids is 1. The monoisotopic (exact) mass is 476 g/mol. The van der Waals surface area contributed by atoms with Crippen LogP contribution in [0.25, 0.3) is 0 Å². The number of nitrogens with zero attached hydrogens (tertiary/aromatic N) is 1. The Morgan fingerprint density at radius 2 is 1.69 bits per heavy atom. The Balaban J connectivity index is 1.25. The molecule has 1 unspecified atom stereocenters. The topological polar surface area (TPSA) is 76.6 Å². The maximum Gasteiger partial charge on any atom is 0.307 e. The van der Waals surface area contributed by atoms with E-state index in [9.17, 15) is 9.90 Å². The minimum absolute atomic E-state index is 0.224. The first-order valence-corrected chi connectivity index (χ1v) is 13.4. The van der Waals surface area contributed by atoms with Crippen molar-refractivity contribution in [3.8, 4) is 0 Å². The van der Waals surface area contributed by atoms with E-state index in [1.54, 1.807) is 0 Å². The SMILES string of the molecule is Cc1ccc(C2CNC(Nc3ccc(CN4CCC(C(=O)O)C4)cc3)(C3CCCCC3)NC2)cc1. The number of anilines is 1. The highest BCUT2D eigenvalue weighted by atomic mass is 16.4. The minimum atomic E-state index is -0.669. The number of aryl methyl sites for hydroxylation is 1. The van der Waals surface area contributed by atoms with Gasteiger partial charge in [-0.3, -0.25) is 20.3 Å². The summed E-state index contributed by atoms with van der Waals surface area (Å²) in [7, 11) is 0. The smallest absolute Gasteiger partial charge is 0.307 e. The number of aliphatic carboxylic acids is 1. The summed E-state index contributed by atoms with van der Waals surface area (Å²) in [4.78, 5) is 13.5. The second-order valence-electron chi connectivity index (χ2n) is 10.9. The van der Waals surface area contributed by atoms with Crippen molar-refractivity contribution < 1.29 is 9.90 Å². The second kappa shape index (κ2) is 10.7. The van der Waals surface area contributed by atoms with E-state index in [1.165, 1.54) is 48.8 Å². The molecule has 2 heterocycles. The second-order valence-corrected chi connectivity index (χ2v) is 10.9. The molecular weight excluding hydrogens is 436 g/mol. The Hall–Kier alpha value is -2.41. The first-order valence-electron chi connectivity index (χ1n) is 13.4. The van der Waals surface area contributed by atoms with E-state index in [-0.39, 0.29) is 11.7 Å². The Kier molecular flexibility index (Phi) is 7.42. The summed E-state index contributed by atoms with van der Waals surface area (Å²) in [5.41, 5.74) is 5.05. The van der Waals surface area contributed by atoms with Crippen LogP contribution >= 0.6 is 0 Å². The van der Waals surface area contributed by atoms with Gasteiger partial charge in [-0.25, -0.2) is 0 Å². The molecule has 0 bridgehead atoms. The summed E-state index contributed by atoms with van der Waals surface area (Å²) in [5.74, 6) is -0.165. The molecule has 1 atom stereocenters. The van der Waals surface area contributed by atoms with Crippen LogP contribution in [0.15, 0.2) is 48.5 Å². The van der Waals surface area contributed by atoms with Crippen LogP contribution in [0.4, 0.5) is 5.69 Å². The van der Waals surface area contributed by atoms with Crippen LogP contribution in [0.2, 0.25) is 0 Å². The summed E-state index contributed by atoms with van der Waals surface area (Å²) in [5, 5.41) is 21.0. The molecule has 4 N–H and O–H groups in total. The third-order valence-electron chi connectivity index (χ3n) is 8.34. The Labute approximate surface area is 209 Å². The van der Waals surface area contributed by atoms with Gasteiger partial charge >= 0.3 is 5.97 Å². The van der Waals surface area contributed by atoms with E-state index >= 15 is 0 Å². The van der Waals surface area contributed by atoms with Gasteiger partial charge in [-0.05, 0) is 56.0 Å². The van der Waals surface area contributed by atoms with Crippen molar-refractivity contribution in [2.24, 2.45) is 11.8 Å². The zero-order chi connectivity index (χ0) is 24.3. The molecule has 0 radical (unpaired) electrons. The molecule has 5 rings (SSSR count). The van der Waals surface area contributed by atoms with Crippen LogP contribution in [-0.4, -0.2) is 47.9 Å². The number of carboxylic acid groups (broad SMARTS) is 1. The summed E-state index contributed by atoms with van der Waals surface area (Å²) in [6.45, 7) is 6.37. The lowest BCUT2D eigenvalue weighted by atomic mass is 9.81. The average Bonchev–Trinajstić information content (AvgIpc) is 3.36. The van der Waals surface area contributed by atoms with Crippen molar-refractivity contribution >= 4 is 11.7 Å². The standard InChI is InChI=1S/C29H40N4O2/c1-21-7-11-23(12-8-21)25-17-30-29(31-18-25,26-5-3-2-4-6-26)32-27-13-9-22(10-14-27)19-33-16-15-24(20-33)28(34)35/h7-14,24-26,30-32H,2-6,15-20H2,1H3,(H,34,35). The molecule has 3 fully saturated rings. The number of rotatable bonds is 7. The van der Waals surface area contributed by atoms with Crippen molar-refractivity contribution in [2.75, 3.05) is 31.5 Å². The molecule has 188 valence electrons. The third-order valence-corrected chi connectivity index (χ3v) is 8.34. The molecule has 0 amide bonds. The van der Waals surface area contributed by atoms with Gasteiger partial charge in [0, 0.05) is 43.7 Å². The molecule has 2 aliphatic heterocycles. The Morgan fingerprint density at radius 1 is 1.00 bits per heavy atom. The van der Waals surface area contributed by atoms with Crippen LogP contribution in [0.1, 0.15) is 61.1 Å². The van der Waals surface area contributed by atoms with Gasteiger partial charge in [0.05, 0.1) is 5.92 Å². The minimum Gasteiger partial charge on any atom is -0.481 e. The molecule has 1 aliphatic carbocycles. The van der Waals surface area contributed by atoms with E-state index in [0.29, 0.717) is 18.4 Å². The van der Waals surface area contributed by atoms with Gasteiger partial charge in [0.15, 0.2) is 0 Å². The largest absolute Gasteiger partial charge is 0.481 e. The van der Waals surface area contributed by atoms with E-state index in [0.717, 1.165) is 38.3 Å². The normalized spacial score (nSPS) is 28.1. The molecular formula is C29H40N4O2. The van der Waals surface area contributed by atoms with Crippen molar-refractivity contribution in [2.45, 2.75) is 63.7 Å². The van der Waals surface area contributed by atoms with Gasteiger partial charge in [0.25, 0.3) is 0 Å². The van der Waals surface area contributed by atoms with Crippen molar-refractivity contribution in [3.05, 3.63) is 65.2 Å². The van der Waals surface area contributed by atoms with Crippen molar-refractivity contribution in [1.29, 1.82) is 0 Å². The first kappa shape index (κ1) is 24.3. The number of hydrogen-bond acceptors (Lipinski definition) is 5. The number of hydrogen-bond donors (Lipinski definition) is 4. The summed E-state index contributed by atoms with van der Waals surface area (Å²) < 4.78 is 0. The highest BCUT2D eigenvalue weighted by Gasteiger charge is 2.42. The molecule has 0 aromatic heterocycles. The molecule has 0 spiro atoms. The zero-order valence-corrected chi connectivity index (χ0v) is 20.9. The molecule has 35 heavy (non-hydrogen) atoms. The number of nitrogens with one attached hydrogen (secondary N) is 3. The van der Waals surface area contributed by atoms with E-state index < -0.39 is 5.97 Å². The fraction of sp³-hybridized carbons (Fsp3) is 0.552. The summed E-state index contributed by atoms with van der Waals surface area (Å²) in [6, 6.07) is 17.7. The maximum atomic E-state index is 11.3. The van der Waals surface area contributed by atoms with Gasteiger partial charge in [0.2, 0.25) is 0 Å². The molecule has 6 nitrogen and oxygen atoms in total. The number of benzene rings is 2. The van der Waals surface area contributed by atoms with Gasteiger partial charge < -0.3 is 10.4 Å². The van der Waals surface area contributed by atoms with Gasteiger partial charge in [-0.2, -0.15) is 0 Å². The quantitative estimate of drug-likeness (QED) is 0.471. The molecule has 6 heteroatoms. The van der Waals surface area contributed by atoms with Crippen molar-refractivity contribution in [3.63, 3.8) is 0 Å². The predicted octanol–water partition coefficient (Wildman–Crippen LogP) is 4.52. The average molecular weight is 477 g/mol. The van der Waals surface area contributed by atoms with Gasteiger partial charge in [-0.1, -0.05) is 61.2 Å².